The van der Waals surface area contributed by atoms with E-state index in [-0.39, 0.29) is 0 Å². The van der Waals surface area contributed by atoms with E-state index in [9.17, 15) is 0 Å². The molecule has 6 aromatic rings. The molecule has 0 bridgehead atoms. The van der Waals surface area contributed by atoms with Crippen molar-refractivity contribution in [3.05, 3.63) is 90.8 Å². The summed E-state index contributed by atoms with van der Waals surface area (Å²) in [6, 6.07) is 13.5. The van der Waals surface area contributed by atoms with Gasteiger partial charge in [-0.05, 0) is 51.1 Å². The largest absolute Gasteiger partial charge is 0.286 e. The van der Waals surface area contributed by atoms with Gasteiger partial charge >= 0.3 is 0 Å². The maximum Gasteiger partial charge on any atom is 0.137 e. The van der Waals surface area contributed by atoms with E-state index >= 15 is 0 Å². The molecule has 5 heterocycles. The van der Waals surface area contributed by atoms with E-state index in [4.69, 9.17) is 0 Å². The van der Waals surface area contributed by atoms with Gasteiger partial charge in [-0.15, -0.1) is 0 Å². The lowest BCUT2D eigenvalue weighted by Gasteiger charge is -1.78. The Hall–Kier alpha value is -4.61. The lowest BCUT2D eigenvalue weighted by atomic mass is 10.3. The third-order valence-electron chi connectivity index (χ3n) is 3.43. The van der Waals surface area contributed by atoms with Crippen molar-refractivity contribution in [1.29, 1.82) is 0 Å². The molecule has 0 spiro atoms. The molecule has 0 saturated carbocycles. The number of para-hydroxylation sites is 2. The second kappa shape index (κ2) is 14.4. The highest BCUT2D eigenvalue weighted by atomic mass is 15.3. The number of nitrogens with zero attached hydrogens (tertiary/aromatic N) is 7. The highest BCUT2D eigenvalue weighted by Crippen LogP contribution is 2.03. The van der Waals surface area contributed by atoms with E-state index in [2.05, 4.69) is 61.2 Å². The van der Waals surface area contributed by atoms with E-state index in [1.54, 1.807) is 18.6 Å². The fraction of sp³-hybridized carbons (Fsp3) is 0.150. The van der Waals surface area contributed by atoms with Gasteiger partial charge in [0.25, 0.3) is 0 Å². The second-order valence-electron chi connectivity index (χ2n) is 6.16. The summed E-state index contributed by atoms with van der Waals surface area (Å²) in [5, 5.41) is 35.7. The molecule has 5 N–H and O–H groups in total. The quantitative estimate of drug-likeness (QED) is 0.245. The van der Waals surface area contributed by atoms with Crippen molar-refractivity contribution in [3.63, 3.8) is 0 Å². The minimum Gasteiger partial charge on any atom is -0.286 e. The Balaban J connectivity index is 0.000000145. The third-order valence-corrected chi connectivity index (χ3v) is 3.43. The van der Waals surface area contributed by atoms with Gasteiger partial charge < -0.3 is 0 Å². The van der Waals surface area contributed by atoms with Gasteiger partial charge in [0, 0.05) is 30.0 Å². The SMILES string of the molecule is Cc1cc(C)[nH]n1.Cc1ccn[nH]1.c1ccc2n[nH]nc2c1.c1cn[nH]c1.c1nc[nH]n1. The average molecular weight is 435 g/mol. The normalized spacial score (nSPS) is 9.09. The zero-order valence-corrected chi connectivity index (χ0v) is 18.1. The summed E-state index contributed by atoms with van der Waals surface area (Å²) in [7, 11) is 0. The molecule has 1 aromatic carbocycles. The summed E-state index contributed by atoms with van der Waals surface area (Å²) in [4.78, 5) is 3.56. The molecule has 0 amide bonds. The van der Waals surface area contributed by atoms with Crippen LogP contribution in [0.3, 0.4) is 0 Å². The van der Waals surface area contributed by atoms with Crippen LogP contribution in [0.4, 0.5) is 0 Å². The van der Waals surface area contributed by atoms with Gasteiger partial charge in [0.05, 0.1) is 5.69 Å². The van der Waals surface area contributed by atoms with Crippen molar-refractivity contribution in [2.45, 2.75) is 20.8 Å². The first-order valence-electron chi connectivity index (χ1n) is 9.57. The summed E-state index contributed by atoms with van der Waals surface area (Å²) in [5.74, 6) is 0. The van der Waals surface area contributed by atoms with Crippen LogP contribution in [0.1, 0.15) is 17.1 Å². The molecule has 0 aliphatic carbocycles. The van der Waals surface area contributed by atoms with Crippen molar-refractivity contribution in [2.75, 3.05) is 0 Å². The summed E-state index contributed by atoms with van der Waals surface area (Å²) in [6.07, 6.45) is 8.15. The van der Waals surface area contributed by atoms with E-state index in [0.717, 1.165) is 28.1 Å². The van der Waals surface area contributed by atoms with Crippen LogP contribution in [0.5, 0.6) is 0 Å². The molecule has 6 rings (SSSR count). The predicted octanol–water partition coefficient (Wildman–Crippen LogP) is 2.92. The molecule has 0 saturated heterocycles. The van der Waals surface area contributed by atoms with Crippen LogP contribution in [0, 0.1) is 20.8 Å². The van der Waals surface area contributed by atoms with Crippen molar-refractivity contribution < 1.29 is 0 Å². The van der Waals surface area contributed by atoms with Gasteiger partial charge in [0.2, 0.25) is 0 Å². The van der Waals surface area contributed by atoms with Gasteiger partial charge in [-0.1, -0.05) is 12.1 Å². The predicted molar refractivity (Wildman–Crippen MR) is 120 cm³/mol. The summed E-state index contributed by atoms with van der Waals surface area (Å²) < 4.78 is 0. The standard InChI is InChI=1S/C6H5N3.C5H8N2.C4H6N2.C3H4N2.C2H3N3/c1-2-4-6-5(3-1)7-9-8-6;1-4-3-5(2)7-6-4;1-4-2-3-5-6-4;1-2-4-5-3-1;1-3-2-5-4-1/h1-4H,(H,7,8,9);3H,1-2H3,(H,6,7);2-3H,1H3,(H,5,6);1-3H,(H,4,5);1-2H,(H,3,4,5). The molecule has 0 unspecified atom stereocenters. The monoisotopic (exact) mass is 434 g/mol. The van der Waals surface area contributed by atoms with Gasteiger partial charge in [-0.25, -0.2) is 4.98 Å². The number of rotatable bonds is 0. The molecule has 32 heavy (non-hydrogen) atoms. The Labute approximate surface area is 184 Å². The highest BCUT2D eigenvalue weighted by molar-refractivity contribution is 5.72. The zero-order chi connectivity index (χ0) is 22.9. The van der Waals surface area contributed by atoms with Crippen molar-refractivity contribution in [3.8, 4) is 0 Å². The average Bonchev–Trinajstić information content (AvgIpc) is 3.64. The molecule has 166 valence electrons. The van der Waals surface area contributed by atoms with Crippen LogP contribution in [-0.2, 0) is 0 Å². The summed E-state index contributed by atoms with van der Waals surface area (Å²) in [6.45, 7) is 5.91. The number of aromatic nitrogens is 12. The Bertz CT molecular complexity index is 1050. The van der Waals surface area contributed by atoms with Crippen molar-refractivity contribution in [1.82, 2.24) is 61.2 Å². The van der Waals surface area contributed by atoms with Gasteiger partial charge in [-0.2, -0.15) is 35.8 Å². The first kappa shape index (κ1) is 23.7. The Morgan fingerprint density at radius 2 is 1.47 bits per heavy atom. The van der Waals surface area contributed by atoms with Gasteiger partial charge in [0.15, 0.2) is 0 Å². The molecule has 12 nitrogen and oxygen atoms in total. The van der Waals surface area contributed by atoms with Crippen LogP contribution in [-0.4, -0.2) is 61.2 Å². The maximum absolute atomic E-state index is 3.89. The number of hydrogen-bond acceptors (Lipinski definition) is 7. The molecule has 12 heteroatoms. The van der Waals surface area contributed by atoms with E-state index in [0.29, 0.717) is 0 Å². The smallest absolute Gasteiger partial charge is 0.137 e. The van der Waals surface area contributed by atoms with Crippen molar-refractivity contribution in [2.24, 2.45) is 0 Å². The van der Waals surface area contributed by atoms with Gasteiger partial charge in [-0.3, -0.25) is 20.4 Å². The van der Waals surface area contributed by atoms with Gasteiger partial charge in [0.1, 0.15) is 23.7 Å². The number of aromatic amines is 5. The molecule has 0 aliphatic heterocycles. The Morgan fingerprint density at radius 1 is 0.688 bits per heavy atom. The molecule has 5 aromatic heterocycles. The molecule has 0 aliphatic rings. The minimum absolute atomic E-state index is 0.914. The fourth-order valence-corrected chi connectivity index (χ4v) is 2.05. The highest BCUT2D eigenvalue weighted by Gasteiger charge is 1.90. The van der Waals surface area contributed by atoms with Crippen LogP contribution >= 0.6 is 0 Å². The lowest BCUT2D eigenvalue weighted by molar-refractivity contribution is 0.959. The Morgan fingerprint density at radius 3 is 1.75 bits per heavy atom. The number of H-pyrrole nitrogens is 5. The minimum atomic E-state index is 0.914. The number of hydrogen-bond donors (Lipinski definition) is 5. The van der Waals surface area contributed by atoms with Crippen LogP contribution in [0.15, 0.2) is 73.7 Å². The zero-order valence-electron chi connectivity index (χ0n) is 18.1. The van der Waals surface area contributed by atoms with E-state index in [1.165, 1.54) is 12.7 Å². The summed E-state index contributed by atoms with van der Waals surface area (Å²) in [5.41, 5.74) is 5.11. The molecular weight excluding hydrogens is 408 g/mol. The molecule has 0 fully saturated rings. The molecule has 0 radical (unpaired) electrons. The number of nitrogens with one attached hydrogen (secondary N) is 5. The number of benzene rings is 1. The fourth-order valence-electron chi connectivity index (χ4n) is 2.05. The third kappa shape index (κ3) is 10.2. The van der Waals surface area contributed by atoms with E-state index < -0.39 is 0 Å². The number of aryl methyl sites for hydroxylation is 3. The number of fused-ring (bicyclic) bond motifs is 1. The molecule has 0 atom stereocenters. The second-order valence-corrected chi connectivity index (χ2v) is 6.16. The molecular formula is C20H26N12. The van der Waals surface area contributed by atoms with Crippen LogP contribution in [0.2, 0.25) is 0 Å². The van der Waals surface area contributed by atoms with E-state index in [1.807, 2.05) is 63.2 Å². The lowest BCUT2D eigenvalue weighted by Crippen LogP contribution is -1.68. The van der Waals surface area contributed by atoms with Crippen molar-refractivity contribution >= 4 is 11.0 Å². The first-order valence-corrected chi connectivity index (χ1v) is 9.57. The first-order chi connectivity index (χ1) is 15.6. The Kier molecular flexibility index (Phi) is 10.6. The maximum atomic E-state index is 3.89. The van der Waals surface area contributed by atoms with Crippen LogP contribution in [0.25, 0.3) is 11.0 Å². The van der Waals surface area contributed by atoms with Crippen LogP contribution < -0.4 is 0 Å². The summed E-state index contributed by atoms with van der Waals surface area (Å²) >= 11 is 0. The topological polar surface area (TPSA) is 169 Å².